The molecule has 0 bridgehead atoms. The zero-order chi connectivity index (χ0) is 18.9. The van der Waals surface area contributed by atoms with E-state index in [-0.39, 0.29) is 30.8 Å². The van der Waals surface area contributed by atoms with Crippen LogP contribution in [0.4, 0.5) is 10.1 Å². The average Bonchev–Trinajstić information content (AvgIpc) is 3.18. The van der Waals surface area contributed by atoms with Gasteiger partial charge in [0.05, 0.1) is 12.1 Å². The summed E-state index contributed by atoms with van der Waals surface area (Å²) in [6.07, 6.45) is 4.72. The van der Waals surface area contributed by atoms with Crippen LogP contribution in [0.3, 0.4) is 0 Å². The number of piperidine rings is 1. The number of likely N-dealkylation sites (tertiary alicyclic amines) is 1. The molecule has 8 heteroatoms. The molecule has 2 fully saturated rings. The molecule has 1 aromatic heterocycles. The molecule has 2 saturated heterocycles. The first-order chi connectivity index (χ1) is 13.0. The SMILES string of the molecule is O=C(Cn1cccn1)N1CCC2(CC1)CN(c1ccc(F)cc1)C(=O)CO2. The third-order valence-electron chi connectivity index (χ3n) is 5.27. The molecule has 27 heavy (non-hydrogen) atoms. The zero-order valence-electron chi connectivity index (χ0n) is 14.9. The number of morpholine rings is 1. The van der Waals surface area contributed by atoms with Gasteiger partial charge in [-0.05, 0) is 43.2 Å². The minimum absolute atomic E-state index is 0.00138. The lowest BCUT2D eigenvalue weighted by Crippen LogP contribution is -2.59. The zero-order valence-corrected chi connectivity index (χ0v) is 14.9. The molecule has 0 atom stereocenters. The van der Waals surface area contributed by atoms with Gasteiger partial charge in [-0.3, -0.25) is 14.3 Å². The van der Waals surface area contributed by atoms with E-state index in [1.807, 2.05) is 4.90 Å². The van der Waals surface area contributed by atoms with Crippen LogP contribution in [-0.4, -0.2) is 58.3 Å². The predicted molar refractivity (Wildman–Crippen MR) is 95.5 cm³/mol. The van der Waals surface area contributed by atoms with Gasteiger partial charge in [-0.15, -0.1) is 0 Å². The number of hydrogen-bond donors (Lipinski definition) is 0. The van der Waals surface area contributed by atoms with E-state index in [0.717, 1.165) is 0 Å². The Labute approximate surface area is 156 Å². The minimum Gasteiger partial charge on any atom is -0.363 e. The number of benzene rings is 1. The summed E-state index contributed by atoms with van der Waals surface area (Å²) in [5.74, 6) is -0.446. The summed E-state index contributed by atoms with van der Waals surface area (Å²) < 4.78 is 20.7. The van der Waals surface area contributed by atoms with E-state index in [4.69, 9.17) is 4.74 Å². The fourth-order valence-electron chi connectivity index (χ4n) is 3.67. The van der Waals surface area contributed by atoms with Crippen molar-refractivity contribution < 1.29 is 18.7 Å². The lowest BCUT2D eigenvalue weighted by Gasteiger charge is -2.47. The van der Waals surface area contributed by atoms with Gasteiger partial charge < -0.3 is 14.5 Å². The van der Waals surface area contributed by atoms with E-state index in [2.05, 4.69) is 5.10 Å². The van der Waals surface area contributed by atoms with Crippen LogP contribution in [0.2, 0.25) is 0 Å². The Morgan fingerprint density at radius 1 is 1.22 bits per heavy atom. The predicted octanol–water partition coefficient (Wildman–Crippen LogP) is 1.45. The number of nitrogens with zero attached hydrogens (tertiary/aromatic N) is 4. The van der Waals surface area contributed by atoms with Gasteiger partial charge in [0.1, 0.15) is 19.0 Å². The Hall–Kier alpha value is -2.74. The Morgan fingerprint density at radius 3 is 2.63 bits per heavy atom. The second-order valence-corrected chi connectivity index (χ2v) is 7.01. The van der Waals surface area contributed by atoms with Crippen molar-refractivity contribution in [1.29, 1.82) is 0 Å². The number of rotatable bonds is 3. The third-order valence-corrected chi connectivity index (χ3v) is 5.27. The molecule has 0 aliphatic carbocycles. The Balaban J connectivity index is 1.40. The normalized spacial score (nSPS) is 19.5. The number of aromatic nitrogens is 2. The number of ether oxygens (including phenoxy) is 1. The van der Waals surface area contributed by atoms with E-state index in [0.29, 0.717) is 38.2 Å². The Kier molecular flexibility index (Phi) is 4.65. The van der Waals surface area contributed by atoms with Crippen molar-refractivity contribution in [1.82, 2.24) is 14.7 Å². The smallest absolute Gasteiger partial charge is 0.253 e. The highest BCUT2D eigenvalue weighted by molar-refractivity contribution is 5.95. The Morgan fingerprint density at radius 2 is 1.96 bits per heavy atom. The van der Waals surface area contributed by atoms with Crippen LogP contribution in [0.1, 0.15) is 12.8 Å². The van der Waals surface area contributed by atoms with Crippen LogP contribution in [0.5, 0.6) is 0 Å². The lowest BCUT2D eigenvalue weighted by atomic mass is 9.89. The number of carbonyl (C=O) groups excluding carboxylic acids is 2. The molecule has 142 valence electrons. The first-order valence-electron chi connectivity index (χ1n) is 9.00. The van der Waals surface area contributed by atoms with Crippen molar-refractivity contribution in [3.8, 4) is 0 Å². The minimum atomic E-state index is -0.467. The van der Waals surface area contributed by atoms with Crippen molar-refractivity contribution in [2.45, 2.75) is 25.0 Å². The largest absolute Gasteiger partial charge is 0.363 e. The number of hydrogen-bond acceptors (Lipinski definition) is 4. The van der Waals surface area contributed by atoms with Gasteiger partial charge in [0.15, 0.2) is 0 Å². The summed E-state index contributed by atoms with van der Waals surface area (Å²) in [6.45, 7) is 1.79. The quantitative estimate of drug-likeness (QED) is 0.818. The van der Waals surface area contributed by atoms with Crippen LogP contribution in [-0.2, 0) is 20.9 Å². The number of anilines is 1. The summed E-state index contributed by atoms with van der Waals surface area (Å²) in [5, 5.41) is 4.07. The number of halogens is 1. The standard InChI is InChI=1S/C19H21FN4O3/c20-15-2-4-16(5-3-15)24-14-19(27-13-18(24)26)6-10-22(11-7-19)17(25)12-23-9-1-8-21-23/h1-5,8-9H,6-7,10-14H2. The van der Waals surface area contributed by atoms with Crippen molar-refractivity contribution in [2.24, 2.45) is 0 Å². The molecule has 0 radical (unpaired) electrons. The van der Waals surface area contributed by atoms with Crippen LogP contribution < -0.4 is 4.90 Å². The first-order valence-corrected chi connectivity index (χ1v) is 9.00. The molecule has 1 aromatic carbocycles. The molecule has 1 spiro atoms. The van der Waals surface area contributed by atoms with Gasteiger partial charge in [0, 0.05) is 31.2 Å². The van der Waals surface area contributed by atoms with Crippen molar-refractivity contribution >= 4 is 17.5 Å². The molecule has 0 N–H and O–H groups in total. The maximum Gasteiger partial charge on any atom is 0.253 e. The molecule has 4 rings (SSSR count). The highest BCUT2D eigenvalue weighted by Crippen LogP contribution is 2.33. The topological polar surface area (TPSA) is 67.7 Å². The summed E-state index contributed by atoms with van der Waals surface area (Å²) >= 11 is 0. The molecule has 2 amide bonds. The molecule has 2 aliphatic heterocycles. The van der Waals surface area contributed by atoms with Crippen LogP contribution in [0, 0.1) is 5.82 Å². The maximum atomic E-state index is 13.2. The van der Waals surface area contributed by atoms with E-state index < -0.39 is 5.60 Å². The summed E-state index contributed by atoms with van der Waals surface area (Å²) in [6, 6.07) is 7.70. The number of amides is 2. The first kappa shape index (κ1) is 17.7. The molecule has 7 nitrogen and oxygen atoms in total. The van der Waals surface area contributed by atoms with E-state index in [1.54, 1.807) is 40.2 Å². The monoisotopic (exact) mass is 372 g/mol. The molecule has 2 aromatic rings. The molecule has 0 saturated carbocycles. The van der Waals surface area contributed by atoms with Crippen LogP contribution in [0.15, 0.2) is 42.7 Å². The van der Waals surface area contributed by atoms with Crippen molar-refractivity contribution in [3.05, 3.63) is 48.5 Å². The average molecular weight is 372 g/mol. The Bertz CT molecular complexity index is 814. The van der Waals surface area contributed by atoms with E-state index in [9.17, 15) is 14.0 Å². The molecule has 2 aliphatic rings. The molecular weight excluding hydrogens is 351 g/mol. The second-order valence-electron chi connectivity index (χ2n) is 7.01. The van der Waals surface area contributed by atoms with Gasteiger partial charge in [-0.2, -0.15) is 5.10 Å². The summed E-state index contributed by atoms with van der Waals surface area (Å²) in [4.78, 5) is 28.2. The fourth-order valence-corrected chi connectivity index (χ4v) is 3.67. The van der Waals surface area contributed by atoms with Gasteiger partial charge >= 0.3 is 0 Å². The highest BCUT2D eigenvalue weighted by Gasteiger charge is 2.43. The number of carbonyl (C=O) groups is 2. The molecule has 3 heterocycles. The third kappa shape index (κ3) is 3.71. The van der Waals surface area contributed by atoms with E-state index in [1.165, 1.54) is 12.1 Å². The second kappa shape index (κ2) is 7.11. The molecule has 0 unspecified atom stereocenters. The van der Waals surface area contributed by atoms with Crippen LogP contribution >= 0.6 is 0 Å². The maximum absolute atomic E-state index is 13.2. The molecular formula is C19H21FN4O3. The lowest BCUT2D eigenvalue weighted by molar-refractivity contribution is -0.150. The van der Waals surface area contributed by atoms with Gasteiger partial charge in [0.2, 0.25) is 5.91 Å². The highest BCUT2D eigenvalue weighted by atomic mass is 19.1. The summed E-state index contributed by atoms with van der Waals surface area (Å²) in [5.41, 5.74) is 0.200. The van der Waals surface area contributed by atoms with Crippen LogP contribution in [0.25, 0.3) is 0 Å². The van der Waals surface area contributed by atoms with Crippen molar-refractivity contribution in [2.75, 3.05) is 31.1 Å². The van der Waals surface area contributed by atoms with Gasteiger partial charge in [-0.1, -0.05) is 0 Å². The van der Waals surface area contributed by atoms with Crippen molar-refractivity contribution in [3.63, 3.8) is 0 Å². The van der Waals surface area contributed by atoms with E-state index >= 15 is 0 Å². The van der Waals surface area contributed by atoms with Gasteiger partial charge in [0.25, 0.3) is 5.91 Å². The van der Waals surface area contributed by atoms with Gasteiger partial charge in [-0.25, -0.2) is 4.39 Å². The summed E-state index contributed by atoms with van der Waals surface area (Å²) in [7, 11) is 0. The fraction of sp³-hybridized carbons (Fsp3) is 0.421.